The molecule has 2 aromatic carbocycles. The second kappa shape index (κ2) is 5.33. The lowest BCUT2D eigenvalue weighted by molar-refractivity contribution is 0.590. The molecule has 0 N–H and O–H groups in total. The molecule has 0 radical (unpaired) electrons. The molecule has 0 aliphatic heterocycles. The summed E-state index contributed by atoms with van der Waals surface area (Å²) in [5, 5.41) is 0. The van der Waals surface area contributed by atoms with Crippen LogP contribution in [0.25, 0.3) is 11.1 Å². The van der Waals surface area contributed by atoms with Crippen molar-refractivity contribution in [2.24, 2.45) is 0 Å². The largest absolute Gasteiger partial charge is 0.0578 e. The quantitative estimate of drug-likeness (QED) is 0.500. The van der Waals surface area contributed by atoms with E-state index >= 15 is 0 Å². The van der Waals surface area contributed by atoms with E-state index in [9.17, 15) is 0 Å². The molecule has 0 heterocycles. The van der Waals surface area contributed by atoms with Crippen LogP contribution in [-0.2, 0) is 5.41 Å². The molecule has 0 unspecified atom stereocenters. The maximum Gasteiger partial charge on any atom is 0.0256 e. The highest BCUT2D eigenvalue weighted by molar-refractivity contribution is 14.1. The van der Waals surface area contributed by atoms with Gasteiger partial charge in [-0.05, 0) is 62.9 Å². The second-order valence-electron chi connectivity index (χ2n) is 5.45. The van der Waals surface area contributed by atoms with E-state index in [2.05, 4.69) is 102 Å². The fourth-order valence-electron chi connectivity index (χ4n) is 1.85. The van der Waals surface area contributed by atoms with Crippen LogP contribution < -0.4 is 0 Å². The standard InChI is InChI=1S/C16H16BrI/c1-16(2,3)12-6-9-14(15(17)10-12)11-4-7-13(18)8-5-11/h4-10H,1-3H3. The normalized spacial score (nSPS) is 11.6. The molecule has 18 heavy (non-hydrogen) atoms. The average Bonchev–Trinajstić information content (AvgIpc) is 2.29. The topological polar surface area (TPSA) is 0 Å². The number of halogens is 2. The Morgan fingerprint density at radius 2 is 1.56 bits per heavy atom. The van der Waals surface area contributed by atoms with E-state index in [0.29, 0.717) is 0 Å². The molecule has 0 fully saturated rings. The van der Waals surface area contributed by atoms with Gasteiger partial charge in [-0.2, -0.15) is 0 Å². The van der Waals surface area contributed by atoms with Crippen LogP contribution in [0.1, 0.15) is 26.3 Å². The van der Waals surface area contributed by atoms with Gasteiger partial charge in [0.1, 0.15) is 0 Å². The summed E-state index contributed by atoms with van der Waals surface area (Å²) < 4.78 is 2.43. The maximum absolute atomic E-state index is 3.69. The summed E-state index contributed by atoms with van der Waals surface area (Å²) >= 11 is 6.02. The smallest absolute Gasteiger partial charge is 0.0256 e. The highest BCUT2D eigenvalue weighted by atomic mass is 127. The zero-order valence-corrected chi connectivity index (χ0v) is 14.5. The Bertz CT molecular complexity index is 550. The Morgan fingerprint density at radius 1 is 0.944 bits per heavy atom. The lowest BCUT2D eigenvalue weighted by atomic mass is 9.86. The maximum atomic E-state index is 3.69. The predicted molar refractivity (Wildman–Crippen MR) is 91.0 cm³/mol. The van der Waals surface area contributed by atoms with E-state index < -0.39 is 0 Å². The molecule has 94 valence electrons. The van der Waals surface area contributed by atoms with Crippen molar-refractivity contribution in [2.45, 2.75) is 26.2 Å². The van der Waals surface area contributed by atoms with Crippen LogP contribution in [-0.4, -0.2) is 0 Å². The van der Waals surface area contributed by atoms with Gasteiger partial charge >= 0.3 is 0 Å². The molecule has 2 aromatic rings. The highest BCUT2D eigenvalue weighted by Gasteiger charge is 2.15. The third-order valence-electron chi connectivity index (χ3n) is 2.99. The number of rotatable bonds is 1. The van der Waals surface area contributed by atoms with Crippen molar-refractivity contribution in [1.29, 1.82) is 0 Å². The molecular formula is C16H16BrI. The molecule has 0 bridgehead atoms. The lowest BCUT2D eigenvalue weighted by Crippen LogP contribution is -2.10. The predicted octanol–water partition coefficient (Wildman–Crippen LogP) is 6.02. The first-order chi connectivity index (χ1) is 8.38. The second-order valence-corrected chi connectivity index (χ2v) is 7.55. The van der Waals surface area contributed by atoms with Gasteiger partial charge in [-0.25, -0.2) is 0 Å². The van der Waals surface area contributed by atoms with Gasteiger partial charge in [-0.15, -0.1) is 0 Å². The molecule has 0 aromatic heterocycles. The Labute approximate surface area is 131 Å². The van der Waals surface area contributed by atoms with Crippen LogP contribution in [0.4, 0.5) is 0 Å². The van der Waals surface area contributed by atoms with Gasteiger partial charge < -0.3 is 0 Å². The van der Waals surface area contributed by atoms with Crippen molar-refractivity contribution >= 4 is 38.5 Å². The van der Waals surface area contributed by atoms with Crippen molar-refractivity contribution in [2.75, 3.05) is 0 Å². The molecule has 0 amide bonds. The van der Waals surface area contributed by atoms with E-state index in [0.717, 1.165) is 4.47 Å². The molecule has 0 saturated carbocycles. The van der Waals surface area contributed by atoms with Gasteiger partial charge in [-0.3, -0.25) is 0 Å². The van der Waals surface area contributed by atoms with Gasteiger partial charge in [0.25, 0.3) is 0 Å². The van der Waals surface area contributed by atoms with Crippen molar-refractivity contribution in [3.63, 3.8) is 0 Å². The summed E-state index contributed by atoms with van der Waals surface area (Å²) in [7, 11) is 0. The Balaban J connectivity index is 2.45. The monoisotopic (exact) mass is 414 g/mol. The lowest BCUT2D eigenvalue weighted by Gasteiger charge is -2.20. The zero-order valence-electron chi connectivity index (χ0n) is 10.8. The Morgan fingerprint density at radius 3 is 2.06 bits per heavy atom. The van der Waals surface area contributed by atoms with Crippen molar-refractivity contribution in [3.05, 3.63) is 56.1 Å². The minimum absolute atomic E-state index is 0.188. The SMILES string of the molecule is CC(C)(C)c1ccc(-c2ccc(I)cc2)c(Br)c1. The van der Waals surface area contributed by atoms with E-state index in [1.165, 1.54) is 20.3 Å². The summed E-state index contributed by atoms with van der Waals surface area (Å²) in [4.78, 5) is 0. The Hall–Kier alpha value is -0.350. The summed E-state index contributed by atoms with van der Waals surface area (Å²) in [5.41, 5.74) is 4.04. The Kier molecular flexibility index (Phi) is 4.17. The van der Waals surface area contributed by atoms with Gasteiger partial charge in [0, 0.05) is 8.04 Å². The van der Waals surface area contributed by atoms with E-state index in [4.69, 9.17) is 0 Å². The highest BCUT2D eigenvalue weighted by Crippen LogP contribution is 2.33. The van der Waals surface area contributed by atoms with Gasteiger partial charge in [-0.1, -0.05) is 61.0 Å². The molecule has 0 aliphatic rings. The van der Waals surface area contributed by atoms with Crippen molar-refractivity contribution in [3.8, 4) is 11.1 Å². The molecule has 0 spiro atoms. The van der Waals surface area contributed by atoms with Gasteiger partial charge in [0.15, 0.2) is 0 Å². The molecule has 0 saturated heterocycles. The number of benzene rings is 2. The summed E-state index contributed by atoms with van der Waals surface area (Å²) in [6.07, 6.45) is 0. The first kappa shape index (κ1) is 14.1. The van der Waals surface area contributed by atoms with Crippen LogP contribution >= 0.6 is 38.5 Å². The summed E-state index contributed by atoms with van der Waals surface area (Å²) in [5.74, 6) is 0. The van der Waals surface area contributed by atoms with E-state index in [1.54, 1.807) is 0 Å². The van der Waals surface area contributed by atoms with Crippen molar-refractivity contribution in [1.82, 2.24) is 0 Å². The average molecular weight is 415 g/mol. The fourth-order valence-corrected chi connectivity index (χ4v) is 2.81. The molecule has 0 nitrogen and oxygen atoms in total. The first-order valence-corrected chi connectivity index (χ1v) is 7.81. The van der Waals surface area contributed by atoms with Crippen LogP contribution in [0.2, 0.25) is 0 Å². The van der Waals surface area contributed by atoms with E-state index in [-0.39, 0.29) is 5.41 Å². The summed E-state index contributed by atoms with van der Waals surface area (Å²) in [6, 6.07) is 15.3. The van der Waals surface area contributed by atoms with Gasteiger partial charge in [0.05, 0.1) is 0 Å². The van der Waals surface area contributed by atoms with Crippen LogP contribution in [0, 0.1) is 3.57 Å². The number of hydrogen-bond donors (Lipinski definition) is 0. The van der Waals surface area contributed by atoms with E-state index in [1.807, 2.05) is 0 Å². The first-order valence-electron chi connectivity index (χ1n) is 5.94. The van der Waals surface area contributed by atoms with Crippen LogP contribution in [0.3, 0.4) is 0 Å². The molecular weight excluding hydrogens is 399 g/mol. The molecule has 2 heteroatoms. The van der Waals surface area contributed by atoms with Crippen molar-refractivity contribution < 1.29 is 0 Å². The van der Waals surface area contributed by atoms with Gasteiger partial charge in [0.2, 0.25) is 0 Å². The summed E-state index contributed by atoms with van der Waals surface area (Å²) in [6.45, 7) is 6.71. The third kappa shape index (κ3) is 3.15. The molecule has 0 atom stereocenters. The molecule has 0 aliphatic carbocycles. The third-order valence-corrected chi connectivity index (χ3v) is 4.37. The minimum atomic E-state index is 0.188. The van der Waals surface area contributed by atoms with Crippen LogP contribution in [0.5, 0.6) is 0 Å². The zero-order chi connectivity index (χ0) is 13.3. The number of hydrogen-bond acceptors (Lipinski definition) is 0. The molecule has 2 rings (SSSR count). The fraction of sp³-hybridized carbons (Fsp3) is 0.250. The minimum Gasteiger partial charge on any atom is -0.0578 e. The van der Waals surface area contributed by atoms with Crippen LogP contribution in [0.15, 0.2) is 46.9 Å².